The molecule has 1 amide bonds. The van der Waals surface area contributed by atoms with E-state index in [-0.39, 0.29) is 17.3 Å². The third-order valence-corrected chi connectivity index (χ3v) is 5.55. The molecule has 0 unspecified atom stereocenters. The Kier molecular flexibility index (Phi) is 7.63. The van der Waals surface area contributed by atoms with Crippen molar-refractivity contribution in [3.63, 3.8) is 0 Å². The van der Waals surface area contributed by atoms with Crippen LogP contribution in [-0.4, -0.2) is 27.4 Å². The summed E-state index contributed by atoms with van der Waals surface area (Å²) < 4.78 is 27.2. The fraction of sp³-hybridized carbons (Fsp3) is 0.316. The molecule has 26 heavy (non-hydrogen) atoms. The Hall–Kier alpha value is -1.89. The Morgan fingerprint density at radius 2 is 1.81 bits per heavy atom. The van der Waals surface area contributed by atoms with Crippen LogP contribution >= 0.6 is 11.6 Å². The molecule has 7 heteroatoms. The van der Waals surface area contributed by atoms with Crippen molar-refractivity contribution < 1.29 is 13.2 Å². The monoisotopic (exact) mass is 394 g/mol. The minimum Gasteiger partial charge on any atom is -0.352 e. The second-order valence-electron chi connectivity index (χ2n) is 5.91. The molecule has 0 radical (unpaired) electrons. The van der Waals surface area contributed by atoms with Crippen molar-refractivity contribution in [1.82, 2.24) is 10.0 Å². The minimum absolute atomic E-state index is 0.133. The number of amides is 1. The number of hydrogen-bond acceptors (Lipinski definition) is 3. The number of nitrogens with one attached hydrogen (secondary N) is 2. The summed E-state index contributed by atoms with van der Waals surface area (Å²) in [6, 6.07) is 13.2. The number of hydrogen-bond donors (Lipinski definition) is 2. The molecule has 0 atom stereocenters. The molecule has 2 rings (SSSR count). The highest BCUT2D eigenvalue weighted by Gasteiger charge is 2.14. The average Bonchev–Trinajstić information content (AvgIpc) is 2.62. The van der Waals surface area contributed by atoms with Gasteiger partial charge in [-0.05, 0) is 54.8 Å². The van der Waals surface area contributed by atoms with Crippen molar-refractivity contribution in [1.29, 1.82) is 0 Å². The summed E-state index contributed by atoms with van der Waals surface area (Å²) >= 11 is 5.92. The van der Waals surface area contributed by atoms with Crippen LogP contribution in [0.2, 0.25) is 5.02 Å². The fourth-order valence-electron chi connectivity index (χ4n) is 2.37. The zero-order chi connectivity index (χ0) is 19.0. The predicted molar refractivity (Wildman–Crippen MR) is 104 cm³/mol. The molecule has 0 heterocycles. The number of unbranched alkanes of at least 4 members (excludes halogenated alkanes) is 1. The first kappa shape index (κ1) is 20.4. The summed E-state index contributed by atoms with van der Waals surface area (Å²) in [6.07, 6.45) is 2.45. The third kappa shape index (κ3) is 6.12. The van der Waals surface area contributed by atoms with E-state index in [1.165, 1.54) is 24.3 Å². The average molecular weight is 395 g/mol. The van der Waals surface area contributed by atoms with Gasteiger partial charge < -0.3 is 5.32 Å². The maximum Gasteiger partial charge on any atom is 0.251 e. The molecule has 0 aliphatic carbocycles. The first-order valence-corrected chi connectivity index (χ1v) is 10.4. The number of rotatable bonds is 9. The SMILES string of the molecule is CCCCNC(=O)c1ccc(S(=O)(=O)NCCc2cccc(Cl)c2)cc1. The van der Waals surface area contributed by atoms with Gasteiger partial charge in [0.25, 0.3) is 5.91 Å². The van der Waals surface area contributed by atoms with E-state index in [4.69, 9.17) is 11.6 Å². The van der Waals surface area contributed by atoms with Crippen molar-refractivity contribution in [2.24, 2.45) is 0 Å². The molecule has 0 saturated heterocycles. The Labute approximate surface area is 159 Å². The molecule has 0 spiro atoms. The highest BCUT2D eigenvalue weighted by Crippen LogP contribution is 2.13. The van der Waals surface area contributed by atoms with Gasteiger partial charge in [0.1, 0.15) is 0 Å². The second kappa shape index (κ2) is 9.71. The minimum atomic E-state index is -3.62. The third-order valence-electron chi connectivity index (χ3n) is 3.84. The van der Waals surface area contributed by atoms with Crippen LogP contribution in [0.3, 0.4) is 0 Å². The number of carbonyl (C=O) groups is 1. The molecule has 0 aromatic heterocycles. The second-order valence-corrected chi connectivity index (χ2v) is 8.11. The van der Waals surface area contributed by atoms with E-state index in [0.717, 1.165) is 18.4 Å². The molecular formula is C19H23ClN2O3S. The molecule has 0 aliphatic rings. The van der Waals surface area contributed by atoms with Crippen LogP contribution in [-0.2, 0) is 16.4 Å². The number of carbonyl (C=O) groups excluding carboxylic acids is 1. The standard InChI is InChI=1S/C19H23ClN2O3S/c1-2-3-12-21-19(23)16-7-9-18(10-8-16)26(24,25)22-13-11-15-5-4-6-17(20)14-15/h4-10,14,22H,2-3,11-13H2,1H3,(H,21,23). The number of halogens is 1. The van der Waals surface area contributed by atoms with Gasteiger partial charge in [-0.1, -0.05) is 37.1 Å². The van der Waals surface area contributed by atoms with E-state index >= 15 is 0 Å². The van der Waals surface area contributed by atoms with Gasteiger partial charge >= 0.3 is 0 Å². The summed E-state index contributed by atoms with van der Waals surface area (Å²) in [6.45, 7) is 2.92. The van der Waals surface area contributed by atoms with Gasteiger partial charge in [0.05, 0.1) is 4.90 Å². The van der Waals surface area contributed by atoms with Crippen LogP contribution in [0.25, 0.3) is 0 Å². The van der Waals surface area contributed by atoms with Crippen LogP contribution < -0.4 is 10.0 Å². The summed E-state index contributed by atoms with van der Waals surface area (Å²) in [5, 5.41) is 3.42. The molecule has 0 aliphatic heterocycles. The zero-order valence-corrected chi connectivity index (χ0v) is 16.2. The Balaban J connectivity index is 1.92. The lowest BCUT2D eigenvalue weighted by Crippen LogP contribution is -2.26. The first-order chi connectivity index (χ1) is 12.4. The quantitative estimate of drug-likeness (QED) is 0.640. The Morgan fingerprint density at radius 3 is 2.46 bits per heavy atom. The highest BCUT2D eigenvalue weighted by atomic mass is 35.5. The molecule has 2 N–H and O–H groups in total. The Bertz CT molecular complexity index is 836. The lowest BCUT2D eigenvalue weighted by Gasteiger charge is -2.08. The summed E-state index contributed by atoms with van der Waals surface area (Å²) in [5.41, 5.74) is 1.40. The van der Waals surface area contributed by atoms with E-state index in [1.807, 2.05) is 25.1 Å². The fourth-order valence-corrected chi connectivity index (χ4v) is 3.62. The van der Waals surface area contributed by atoms with Gasteiger partial charge in [0, 0.05) is 23.7 Å². The van der Waals surface area contributed by atoms with Crippen LogP contribution in [0.5, 0.6) is 0 Å². The number of benzene rings is 2. The maximum absolute atomic E-state index is 12.3. The van der Waals surface area contributed by atoms with Gasteiger partial charge in [-0.2, -0.15) is 0 Å². The lowest BCUT2D eigenvalue weighted by molar-refractivity contribution is 0.0953. The molecular weight excluding hydrogens is 372 g/mol. The smallest absolute Gasteiger partial charge is 0.251 e. The first-order valence-electron chi connectivity index (χ1n) is 8.55. The summed E-state index contributed by atoms with van der Waals surface area (Å²) in [7, 11) is -3.62. The van der Waals surface area contributed by atoms with E-state index in [1.54, 1.807) is 6.07 Å². The normalized spacial score (nSPS) is 11.3. The maximum atomic E-state index is 12.3. The molecule has 140 valence electrons. The van der Waals surface area contributed by atoms with Crippen molar-refractivity contribution >= 4 is 27.5 Å². The van der Waals surface area contributed by atoms with E-state index in [0.29, 0.717) is 23.6 Å². The van der Waals surface area contributed by atoms with E-state index in [9.17, 15) is 13.2 Å². The van der Waals surface area contributed by atoms with Gasteiger partial charge in [-0.3, -0.25) is 4.79 Å². The highest BCUT2D eigenvalue weighted by molar-refractivity contribution is 7.89. The lowest BCUT2D eigenvalue weighted by atomic mass is 10.2. The van der Waals surface area contributed by atoms with Crippen LogP contribution in [0.1, 0.15) is 35.7 Å². The molecule has 2 aromatic rings. The molecule has 2 aromatic carbocycles. The van der Waals surface area contributed by atoms with Crippen molar-refractivity contribution in [3.05, 3.63) is 64.7 Å². The van der Waals surface area contributed by atoms with Crippen molar-refractivity contribution in [3.8, 4) is 0 Å². The zero-order valence-electron chi connectivity index (χ0n) is 14.7. The molecule has 0 saturated carbocycles. The van der Waals surface area contributed by atoms with Gasteiger partial charge in [0.15, 0.2) is 0 Å². The molecule has 5 nitrogen and oxygen atoms in total. The molecule has 0 bridgehead atoms. The van der Waals surface area contributed by atoms with E-state index in [2.05, 4.69) is 10.0 Å². The van der Waals surface area contributed by atoms with Crippen LogP contribution in [0.15, 0.2) is 53.4 Å². The van der Waals surface area contributed by atoms with Gasteiger partial charge in [-0.15, -0.1) is 0 Å². The van der Waals surface area contributed by atoms with Crippen LogP contribution in [0, 0.1) is 0 Å². The Morgan fingerprint density at radius 1 is 1.08 bits per heavy atom. The largest absolute Gasteiger partial charge is 0.352 e. The van der Waals surface area contributed by atoms with E-state index < -0.39 is 10.0 Å². The van der Waals surface area contributed by atoms with Crippen molar-refractivity contribution in [2.45, 2.75) is 31.1 Å². The predicted octanol–water partition coefficient (Wildman–Crippen LogP) is 3.39. The van der Waals surface area contributed by atoms with Crippen LogP contribution in [0.4, 0.5) is 0 Å². The summed E-state index contributed by atoms with van der Waals surface area (Å²) in [4.78, 5) is 12.1. The number of sulfonamides is 1. The molecule has 0 fully saturated rings. The van der Waals surface area contributed by atoms with Gasteiger partial charge in [0.2, 0.25) is 10.0 Å². The summed E-state index contributed by atoms with van der Waals surface area (Å²) in [5.74, 6) is -0.198. The topological polar surface area (TPSA) is 75.3 Å². The van der Waals surface area contributed by atoms with Gasteiger partial charge in [-0.25, -0.2) is 13.1 Å². The van der Waals surface area contributed by atoms with Crippen molar-refractivity contribution in [2.75, 3.05) is 13.1 Å².